The van der Waals surface area contributed by atoms with Gasteiger partial charge in [0, 0.05) is 16.6 Å². The maximum atomic E-state index is 12.8. The summed E-state index contributed by atoms with van der Waals surface area (Å²) in [6.07, 6.45) is 1.53. The van der Waals surface area contributed by atoms with E-state index in [9.17, 15) is 14.4 Å². The molecular weight excluding hydrogens is 382 g/mol. The first-order valence-electron chi connectivity index (χ1n) is 9.00. The number of rotatable bonds is 6. The van der Waals surface area contributed by atoms with Gasteiger partial charge in [-0.2, -0.15) is 0 Å². The molecule has 0 aliphatic carbocycles. The number of hydrogen-bond donors (Lipinski definition) is 0. The molecule has 1 aliphatic heterocycles. The summed E-state index contributed by atoms with van der Waals surface area (Å²) >= 11 is 5.89. The van der Waals surface area contributed by atoms with Gasteiger partial charge in [-0.25, -0.2) is 0 Å². The first-order valence-corrected chi connectivity index (χ1v) is 9.38. The number of nitrogens with zero attached hydrogens (tertiary/aromatic N) is 3. The molecule has 0 spiro atoms. The van der Waals surface area contributed by atoms with Gasteiger partial charge >= 0.3 is 0 Å². The van der Waals surface area contributed by atoms with Gasteiger partial charge in [-0.15, -0.1) is 0 Å². The second-order valence-corrected chi connectivity index (χ2v) is 7.40. The SMILES string of the molecule is CC(C)C(=O)N(CC(=O)N1CC(=O)N(c2ccc(Cl)cc2)C1)Cc1ccco1. The fraction of sp³-hybridized carbons (Fsp3) is 0.350. The van der Waals surface area contributed by atoms with Crippen molar-refractivity contribution >= 4 is 35.0 Å². The predicted molar refractivity (Wildman–Crippen MR) is 104 cm³/mol. The number of carbonyl (C=O) groups is 3. The highest BCUT2D eigenvalue weighted by Gasteiger charge is 2.33. The highest BCUT2D eigenvalue weighted by Crippen LogP contribution is 2.22. The van der Waals surface area contributed by atoms with Crippen LogP contribution in [0, 0.1) is 5.92 Å². The van der Waals surface area contributed by atoms with Gasteiger partial charge in [0.05, 0.1) is 12.8 Å². The topological polar surface area (TPSA) is 74.1 Å². The predicted octanol–water partition coefficient (Wildman–Crippen LogP) is 2.75. The first kappa shape index (κ1) is 19.9. The zero-order chi connectivity index (χ0) is 20.3. The monoisotopic (exact) mass is 403 g/mol. The van der Waals surface area contributed by atoms with E-state index < -0.39 is 0 Å². The Hall–Kier alpha value is -2.80. The lowest BCUT2D eigenvalue weighted by atomic mass is 10.2. The smallest absolute Gasteiger partial charge is 0.248 e. The van der Waals surface area contributed by atoms with Crippen LogP contribution in [0.3, 0.4) is 0 Å². The van der Waals surface area contributed by atoms with E-state index in [2.05, 4.69) is 0 Å². The van der Waals surface area contributed by atoms with E-state index >= 15 is 0 Å². The number of furan rings is 1. The maximum absolute atomic E-state index is 12.8. The summed E-state index contributed by atoms with van der Waals surface area (Å²) in [7, 11) is 0. The molecule has 0 radical (unpaired) electrons. The van der Waals surface area contributed by atoms with Crippen LogP contribution >= 0.6 is 11.6 Å². The quantitative estimate of drug-likeness (QED) is 0.743. The minimum atomic E-state index is -0.287. The molecule has 0 unspecified atom stereocenters. The molecule has 7 nitrogen and oxygen atoms in total. The minimum absolute atomic E-state index is 0.0219. The van der Waals surface area contributed by atoms with Crippen molar-refractivity contribution in [2.45, 2.75) is 20.4 Å². The normalized spacial score (nSPS) is 14.1. The Morgan fingerprint density at radius 3 is 2.54 bits per heavy atom. The number of amides is 3. The van der Waals surface area contributed by atoms with E-state index in [0.29, 0.717) is 16.5 Å². The van der Waals surface area contributed by atoms with Crippen molar-refractivity contribution in [3.05, 3.63) is 53.4 Å². The van der Waals surface area contributed by atoms with E-state index in [1.165, 1.54) is 21.0 Å². The molecule has 1 aromatic carbocycles. The number of hydrogen-bond acceptors (Lipinski definition) is 4. The summed E-state index contributed by atoms with van der Waals surface area (Å²) in [6, 6.07) is 10.4. The highest BCUT2D eigenvalue weighted by atomic mass is 35.5. The maximum Gasteiger partial charge on any atom is 0.248 e. The third kappa shape index (κ3) is 4.54. The van der Waals surface area contributed by atoms with E-state index in [4.69, 9.17) is 16.0 Å². The van der Waals surface area contributed by atoms with E-state index in [-0.39, 0.29) is 49.9 Å². The third-order valence-electron chi connectivity index (χ3n) is 4.49. The van der Waals surface area contributed by atoms with Gasteiger partial charge in [0.1, 0.15) is 25.5 Å². The van der Waals surface area contributed by atoms with Crippen molar-refractivity contribution in [3.63, 3.8) is 0 Å². The zero-order valence-corrected chi connectivity index (χ0v) is 16.6. The molecule has 1 saturated heterocycles. The summed E-state index contributed by atoms with van der Waals surface area (Å²) in [4.78, 5) is 42.1. The molecular formula is C20H22ClN3O4. The molecule has 3 amide bonds. The average Bonchev–Trinajstić information content (AvgIpc) is 3.31. The van der Waals surface area contributed by atoms with E-state index in [0.717, 1.165) is 0 Å². The molecule has 3 rings (SSSR count). The van der Waals surface area contributed by atoms with Crippen LogP contribution in [0.2, 0.25) is 5.02 Å². The Balaban J connectivity index is 1.68. The van der Waals surface area contributed by atoms with Gasteiger partial charge in [-0.1, -0.05) is 25.4 Å². The van der Waals surface area contributed by atoms with Crippen molar-refractivity contribution < 1.29 is 18.8 Å². The number of carbonyl (C=O) groups excluding carboxylic acids is 3. The van der Waals surface area contributed by atoms with Gasteiger partial charge in [0.15, 0.2) is 0 Å². The molecule has 1 aliphatic rings. The molecule has 2 heterocycles. The van der Waals surface area contributed by atoms with Gasteiger partial charge in [-0.3, -0.25) is 19.3 Å². The number of benzene rings is 1. The van der Waals surface area contributed by atoms with Crippen LogP contribution in [0.4, 0.5) is 5.69 Å². The molecule has 2 aromatic rings. The third-order valence-corrected chi connectivity index (χ3v) is 4.74. The Bertz CT molecular complexity index is 849. The van der Waals surface area contributed by atoms with Crippen molar-refractivity contribution in [2.75, 3.05) is 24.7 Å². The van der Waals surface area contributed by atoms with Crippen molar-refractivity contribution in [1.29, 1.82) is 0 Å². The van der Waals surface area contributed by atoms with Crippen LogP contribution in [0.5, 0.6) is 0 Å². The van der Waals surface area contributed by atoms with Crippen LogP contribution in [-0.2, 0) is 20.9 Å². The van der Waals surface area contributed by atoms with Crippen LogP contribution in [0.1, 0.15) is 19.6 Å². The summed E-state index contributed by atoms with van der Waals surface area (Å²) in [5, 5.41) is 0.573. The van der Waals surface area contributed by atoms with Gasteiger partial charge < -0.3 is 14.2 Å². The Morgan fingerprint density at radius 1 is 1.21 bits per heavy atom. The summed E-state index contributed by atoms with van der Waals surface area (Å²) < 4.78 is 5.31. The van der Waals surface area contributed by atoms with Crippen LogP contribution in [-0.4, -0.2) is 47.3 Å². The lowest BCUT2D eigenvalue weighted by Crippen LogP contribution is -2.43. The second kappa shape index (κ2) is 8.48. The molecule has 148 valence electrons. The molecule has 28 heavy (non-hydrogen) atoms. The fourth-order valence-corrected chi connectivity index (χ4v) is 3.12. The number of anilines is 1. The molecule has 0 N–H and O–H groups in total. The van der Waals surface area contributed by atoms with Crippen molar-refractivity contribution in [2.24, 2.45) is 5.92 Å². The Morgan fingerprint density at radius 2 is 1.93 bits per heavy atom. The highest BCUT2D eigenvalue weighted by molar-refractivity contribution is 6.30. The van der Waals surface area contributed by atoms with Gasteiger partial charge in [0.25, 0.3) is 0 Å². The molecule has 1 aromatic heterocycles. The zero-order valence-electron chi connectivity index (χ0n) is 15.8. The van der Waals surface area contributed by atoms with Crippen molar-refractivity contribution in [3.8, 4) is 0 Å². The Kier molecular flexibility index (Phi) is 6.04. The van der Waals surface area contributed by atoms with E-state index in [1.54, 1.807) is 50.2 Å². The largest absolute Gasteiger partial charge is 0.467 e. The lowest BCUT2D eigenvalue weighted by molar-refractivity contribution is -0.142. The molecule has 0 bridgehead atoms. The Labute approximate surface area is 168 Å². The lowest BCUT2D eigenvalue weighted by Gasteiger charge is -2.25. The van der Waals surface area contributed by atoms with Gasteiger partial charge in [0.2, 0.25) is 17.7 Å². The molecule has 0 saturated carbocycles. The standard InChI is InChI=1S/C20H22ClN3O4/c1-14(2)20(27)22(10-17-4-3-9-28-17)11-18(25)23-12-19(26)24(13-23)16-7-5-15(21)6-8-16/h3-9,14H,10-13H2,1-2H3. The molecule has 8 heteroatoms. The van der Waals surface area contributed by atoms with Crippen LogP contribution < -0.4 is 4.90 Å². The summed E-state index contributed by atoms with van der Waals surface area (Å²) in [6.45, 7) is 3.78. The number of halogens is 1. The minimum Gasteiger partial charge on any atom is -0.467 e. The van der Waals surface area contributed by atoms with Crippen LogP contribution in [0.25, 0.3) is 0 Å². The first-order chi connectivity index (χ1) is 13.3. The van der Waals surface area contributed by atoms with Crippen LogP contribution in [0.15, 0.2) is 47.1 Å². The second-order valence-electron chi connectivity index (χ2n) is 6.96. The molecule has 1 fully saturated rings. The molecule has 0 atom stereocenters. The van der Waals surface area contributed by atoms with E-state index in [1.807, 2.05) is 0 Å². The fourth-order valence-electron chi connectivity index (χ4n) is 2.99. The summed E-state index contributed by atoms with van der Waals surface area (Å²) in [5.41, 5.74) is 0.676. The van der Waals surface area contributed by atoms with Crippen molar-refractivity contribution in [1.82, 2.24) is 9.80 Å². The average molecular weight is 404 g/mol. The van der Waals surface area contributed by atoms with Gasteiger partial charge in [-0.05, 0) is 36.4 Å². The summed E-state index contributed by atoms with van der Waals surface area (Å²) in [5.74, 6) is -0.269.